The van der Waals surface area contributed by atoms with Gasteiger partial charge in [0.25, 0.3) is 5.91 Å². The number of thioether (sulfide) groups is 2. The molecule has 1 N–H and O–H groups in total. The number of fused-ring (bicyclic) bond motifs is 1. The Kier molecular flexibility index (Phi) is 8.98. The minimum Gasteiger partial charge on any atom is -0.355 e. The summed E-state index contributed by atoms with van der Waals surface area (Å²) in [5.74, 6) is 0.822. The molecule has 0 radical (unpaired) electrons. The molecular weight excluding hydrogens is 516 g/mol. The summed E-state index contributed by atoms with van der Waals surface area (Å²) in [5, 5.41) is 3.81. The lowest BCUT2D eigenvalue weighted by atomic mass is 10.0. The summed E-state index contributed by atoms with van der Waals surface area (Å²) in [6.45, 7) is 0.680. The molecule has 0 aromatic heterocycles. The highest BCUT2D eigenvalue weighted by Crippen LogP contribution is 2.42. The van der Waals surface area contributed by atoms with Gasteiger partial charge in [-0.25, -0.2) is 0 Å². The molecule has 2 aliphatic rings. The summed E-state index contributed by atoms with van der Waals surface area (Å²) >= 11 is 6.99. The SMILES string of the molecule is O=C(CN1C(=O)C(=Cc2cccc(Br)c2)Sc2ccccc21)NCCCSC1CCCCC1. The molecule has 1 heterocycles. The van der Waals surface area contributed by atoms with Crippen molar-refractivity contribution in [2.24, 2.45) is 0 Å². The molecule has 33 heavy (non-hydrogen) atoms. The molecule has 1 aliphatic carbocycles. The number of carbonyl (C=O) groups is 2. The predicted octanol–water partition coefficient (Wildman–Crippen LogP) is 6.50. The van der Waals surface area contributed by atoms with Crippen molar-refractivity contribution >= 4 is 63.0 Å². The molecule has 1 saturated carbocycles. The van der Waals surface area contributed by atoms with Crippen LogP contribution in [0.1, 0.15) is 44.1 Å². The number of carbonyl (C=O) groups excluding carboxylic acids is 2. The lowest BCUT2D eigenvalue weighted by Crippen LogP contribution is -2.43. The van der Waals surface area contributed by atoms with Crippen LogP contribution in [0, 0.1) is 0 Å². The van der Waals surface area contributed by atoms with Crippen LogP contribution in [-0.2, 0) is 9.59 Å². The molecule has 0 unspecified atom stereocenters. The number of amides is 2. The van der Waals surface area contributed by atoms with E-state index >= 15 is 0 Å². The van der Waals surface area contributed by atoms with Crippen LogP contribution in [-0.4, -0.2) is 35.9 Å². The van der Waals surface area contributed by atoms with Gasteiger partial charge in [0.05, 0.1) is 10.6 Å². The molecule has 174 valence electrons. The molecule has 0 spiro atoms. The van der Waals surface area contributed by atoms with Crippen LogP contribution in [0.3, 0.4) is 0 Å². The van der Waals surface area contributed by atoms with E-state index in [9.17, 15) is 9.59 Å². The molecule has 1 fully saturated rings. The maximum Gasteiger partial charge on any atom is 0.265 e. The number of nitrogens with zero attached hydrogens (tertiary/aromatic N) is 1. The summed E-state index contributed by atoms with van der Waals surface area (Å²) in [4.78, 5) is 29.2. The number of anilines is 1. The Labute approximate surface area is 213 Å². The van der Waals surface area contributed by atoms with Crippen molar-refractivity contribution < 1.29 is 9.59 Å². The first kappa shape index (κ1) is 24.4. The van der Waals surface area contributed by atoms with Gasteiger partial charge in [0.15, 0.2) is 0 Å². The fraction of sp³-hybridized carbons (Fsp3) is 0.385. The lowest BCUT2D eigenvalue weighted by molar-refractivity contribution is -0.122. The maximum absolute atomic E-state index is 13.3. The highest BCUT2D eigenvalue weighted by Gasteiger charge is 2.30. The zero-order chi connectivity index (χ0) is 23.0. The highest BCUT2D eigenvalue weighted by molar-refractivity contribution is 9.10. The number of hydrogen-bond acceptors (Lipinski definition) is 4. The van der Waals surface area contributed by atoms with Gasteiger partial charge in [-0.3, -0.25) is 14.5 Å². The van der Waals surface area contributed by atoms with Gasteiger partial charge in [0, 0.05) is 21.2 Å². The second-order valence-electron chi connectivity index (χ2n) is 8.36. The van der Waals surface area contributed by atoms with Gasteiger partial charge in [-0.1, -0.05) is 71.2 Å². The minimum atomic E-state index is -0.137. The maximum atomic E-state index is 13.3. The van der Waals surface area contributed by atoms with Crippen LogP contribution in [0.5, 0.6) is 0 Å². The van der Waals surface area contributed by atoms with Gasteiger partial charge in [-0.2, -0.15) is 11.8 Å². The van der Waals surface area contributed by atoms with Crippen molar-refractivity contribution in [2.75, 3.05) is 23.7 Å². The molecule has 7 heteroatoms. The lowest BCUT2D eigenvalue weighted by Gasteiger charge is -2.29. The molecule has 4 nitrogen and oxygen atoms in total. The average Bonchev–Trinajstić information content (AvgIpc) is 2.82. The van der Waals surface area contributed by atoms with Crippen molar-refractivity contribution in [1.82, 2.24) is 5.32 Å². The van der Waals surface area contributed by atoms with E-state index < -0.39 is 0 Å². The van der Waals surface area contributed by atoms with Crippen molar-refractivity contribution in [1.29, 1.82) is 0 Å². The molecular formula is C26H29BrN2O2S2. The Hall–Kier alpha value is -1.70. The van der Waals surface area contributed by atoms with Gasteiger partial charge in [0.2, 0.25) is 5.91 Å². The predicted molar refractivity (Wildman–Crippen MR) is 144 cm³/mol. The molecule has 2 amide bonds. The van der Waals surface area contributed by atoms with Crippen LogP contribution >= 0.6 is 39.5 Å². The molecule has 4 rings (SSSR count). The fourth-order valence-electron chi connectivity index (χ4n) is 4.15. The van der Waals surface area contributed by atoms with Crippen LogP contribution in [0.25, 0.3) is 6.08 Å². The van der Waals surface area contributed by atoms with Gasteiger partial charge in [0.1, 0.15) is 6.54 Å². The van der Waals surface area contributed by atoms with Gasteiger partial charge in [-0.05, 0) is 60.9 Å². The second-order valence-corrected chi connectivity index (χ2v) is 11.8. The number of para-hydroxylation sites is 1. The van der Waals surface area contributed by atoms with E-state index in [-0.39, 0.29) is 18.4 Å². The van der Waals surface area contributed by atoms with E-state index in [1.165, 1.54) is 43.9 Å². The number of halogens is 1. The van der Waals surface area contributed by atoms with Crippen molar-refractivity contribution in [3.05, 3.63) is 63.5 Å². The van der Waals surface area contributed by atoms with E-state index in [1.807, 2.05) is 66.4 Å². The monoisotopic (exact) mass is 544 g/mol. The smallest absolute Gasteiger partial charge is 0.265 e. The summed E-state index contributed by atoms with van der Waals surface area (Å²) in [6, 6.07) is 15.6. The zero-order valence-electron chi connectivity index (χ0n) is 18.6. The topological polar surface area (TPSA) is 49.4 Å². The molecule has 0 atom stereocenters. The third-order valence-electron chi connectivity index (χ3n) is 5.83. The van der Waals surface area contributed by atoms with Crippen LogP contribution in [0.2, 0.25) is 0 Å². The molecule has 2 aromatic rings. The van der Waals surface area contributed by atoms with Gasteiger partial charge < -0.3 is 5.32 Å². The fourth-order valence-corrected chi connectivity index (χ4v) is 6.93. The Morgan fingerprint density at radius 2 is 1.97 bits per heavy atom. The average molecular weight is 546 g/mol. The Morgan fingerprint density at radius 1 is 1.15 bits per heavy atom. The van der Waals surface area contributed by atoms with Crippen molar-refractivity contribution in [3.8, 4) is 0 Å². The van der Waals surface area contributed by atoms with Crippen molar-refractivity contribution in [3.63, 3.8) is 0 Å². The van der Waals surface area contributed by atoms with Crippen LogP contribution in [0.15, 0.2) is 62.8 Å². The Bertz CT molecular complexity index is 1020. The summed E-state index contributed by atoms with van der Waals surface area (Å²) in [5.41, 5.74) is 1.74. The zero-order valence-corrected chi connectivity index (χ0v) is 21.8. The van der Waals surface area contributed by atoms with E-state index in [0.717, 1.165) is 38.0 Å². The largest absolute Gasteiger partial charge is 0.355 e. The van der Waals surface area contributed by atoms with E-state index in [4.69, 9.17) is 0 Å². The molecule has 0 bridgehead atoms. The number of nitrogens with one attached hydrogen (secondary N) is 1. The molecule has 2 aromatic carbocycles. The van der Waals surface area contributed by atoms with E-state index in [0.29, 0.717) is 11.4 Å². The third kappa shape index (κ3) is 6.90. The van der Waals surface area contributed by atoms with E-state index in [1.54, 1.807) is 4.90 Å². The van der Waals surface area contributed by atoms with Crippen LogP contribution < -0.4 is 10.2 Å². The quantitative estimate of drug-likeness (QED) is 0.304. The van der Waals surface area contributed by atoms with Crippen LogP contribution in [0.4, 0.5) is 5.69 Å². The normalized spacial score (nSPS) is 17.8. The third-order valence-corrected chi connectivity index (χ3v) is 8.87. The summed E-state index contributed by atoms with van der Waals surface area (Å²) in [6.07, 6.45) is 9.61. The first-order chi connectivity index (χ1) is 16.1. The second kappa shape index (κ2) is 12.1. The Morgan fingerprint density at radius 3 is 2.79 bits per heavy atom. The minimum absolute atomic E-state index is 0.0298. The molecule has 0 saturated heterocycles. The highest BCUT2D eigenvalue weighted by atomic mass is 79.9. The van der Waals surface area contributed by atoms with E-state index in [2.05, 4.69) is 21.2 Å². The number of rotatable bonds is 8. The number of hydrogen-bond donors (Lipinski definition) is 1. The van der Waals surface area contributed by atoms with Gasteiger partial charge >= 0.3 is 0 Å². The van der Waals surface area contributed by atoms with Gasteiger partial charge in [-0.15, -0.1) is 0 Å². The first-order valence-corrected chi connectivity index (χ1v) is 14.2. The Balaban J connectivity index is 1.36. The van der Waals surface area contributed by atoms with Crippen molar-refractivity contribution in [2.45, 2.75) is 48.7 Å². The standard InChI is InChI=1S/C26H29BrN2O2S2/c27-20-9-6-8-19(16-20)17-24-26(31)29(22-12-4-5-13-23(22)33-24)18-25(30)28-14-7-15-32-21-10-2-1-3-11-21/h4-6,8-9,12-13,16-17,21H,1-3,7,10-11,14-15,18H2,(H,28,30). The summed E-state index contributed by atoms with van der Waals surface area (Å²) < 4.78 is 0.961. The number of benzene rings is 2. The molecule has 1 aliphatic heterocycles. The first-order valence-electron chi connectivity index (χ1n) is 11.5. The summed E-state index contributed by atoms with van der Waals surface area (Å²) in [7, 11) is 0.